The van der Waals surface area contributed by atoms with Gasteiger partial charge in [0.15, 0.2) is 0 Å². The van der Waals surface area contributed by atoms with Gasteiger partial charge in [-0.3, -0.25) is 4.79 Å². The minimum absolute atomic E-state index is 0.0461. The fourth-order valence-electron chi connectivity index (χ4n) is 2.59. The average Bonchev–Trinajstić information content (AvgIpc) is 2.90. The van der Waals surface area contributed by atoms with Crippen molar-refractivity contribution in [2.24, 2.45) is 0 Å². The van der Waals surface area contributed by atoms with Gasteiger partial charge in [0.2, 0.25) is 5.91 Å². The van der Waals surface area contributed by atoms with E-state index < -0.39 is 12.1 Å². The largest absolute Gasteiger partial charge is 0.464 e. The Bertz CT molecular complexity index is 381. The molecule has 1 amide bonds. The number of unbranched alkanes of at least 4 members (excludes halogenated alkanes) is 5. The molecular weight excluding hydrogens is 294 g/mol. The van der Waals surface area contributed by atoms with Gasteiger partial charge in [0.1, 0.15) is 6.04 Å². The van der Waals surface area contributed by atoms with Gasteiger partial charge in [0, 0.05) is 6.42 Å². The zero-order chi connectivity index (χ0) is 16.9. The number of cyclic esters (lactones) is 1. The number of carbonyl (C=O) groups excluding carboxylic acids is 2. The van der Waals surface area contributed by atoms with E-state index in [1.165, 1.54) is 25.7 Å². The zero-order valence-corrected chi connectivity index (χ0v) is 14.3. The van der Waals surface area contributed by atoms with Gasteiger partial charge in [-0.2, -0.15) is 0 Å². The second-order valence-electron chi connectivity index (χ2n) is 6.19. The van der Waals surface area contributed by atoms with Gasteiger partial charge >= 0.3 is 5.97 Å². The number of amides is 1. The molecule has 1 fully saturated rings. The second-order valence-corrected chi connectivity index (χ2v) is 6.19. The van der Waals surface area contributed by atoms with Crippen LogP contribution in [0.25, 0.3) is 0 Å². The van der Waals surface area contributed by atoms with Gasteiger partial charge in [0.25, 0.3) is 0 Å². The zero-order valence-electron chi connectivity index (χ0n) is 14.3. The van der Waals surface area contributed by atoms with Crippen LogP contribution in [0, 0.1) is 0 Å². The van der Waals surface area contributed by atoms with Crippen LogP contribution < -0.4 is 5.32 Å². The minimum Gasteiger partial charge on any atom is -0.464 e. The summed E-state index contributed by atoms with van der Waals surface area (Å²) in [7, 11) is 0. The third-order valence-electron chi connectivity index (χ3n) is 3.99. The molecule has 132 valence electrons. The number of hydrogen-bond donors (Lipinski definition) is 2. The standard InChI is InChI=1S/C18H31NO4/c1-2-3-4-5-6-7-8-9-10-11-15(20)14-17(21)19-16-12-13-23-18(16)22/h7-8,15-16,20H,2-6,9-14H2,1H3,(H,19,21)/b8-7-/t15-,16-/m1/s1. The molecule has 0 unspecified atom stereocenters. The van der Waals surface area contributed by atoms with Crippen LogP contribution in [-0.2, 0) is 14.3 Å². The van der Waals surface area contributed by atoms with E-state index in [1.54, 1.807) is 0 Å². The highest BCUT2D eigenvalue weighted by Crippen LogP contribution is 2.09. The Morgan fingerprint density at radius 1 is 1.30 bits per heavy atom. The van der Waals surface area contributed by atoms with Crippen molar-refractivity contribution in [2.45, 2.75) is 83.3 Å². The molecule has 0 spiro atoms. The molecule has 2 atom stereocenters. The van der Waals surface area contributed by atoms with E-state index in [-0.39, 0.29) is 18.3 Å². The van der Waals surface area contributed by atoms with E-state index in [1.807, 2.05) is 0 Å². The number of aliphatic hydroxyl groups excluding tert-OH is 1. The van der Waals surface area contributed by atoms with Crippen molar-refractivity contribution in [1.29, 1.82) is 0 Å². The molecule has 0 saturated carbocycles. The van der Waals surface area contributed by atoms with Gasteiger partial charge in [0.05, 0.1) is 19.1 Å². The third-order valence-corrected chi connectivity index (χ3v) is 3.99. The van der Waals surface area contributed by atoms with Crippen molar-refractivity contribution < 1.29 is 19.4 Å². The number of aliphatic hydroxyl groups is 1. The molecule has 1 rings (SSSR count). The monoisotopic (exact) mass is 325 g/mol. The highest BCUT2D eigenvalue weighted by Gasteiger charge is 2.28. The number of allylic oxidation sites excluding steroid dienone is 2. The van der Waals surface area contributed by atoms with E-state index >= 15 is 0 Å². The molecule has 1 aliphatic heterocycles. The highest BCUT2D eigenvalue weighted by atomic mass is 16.5. The van der Waals surface area contributed by atoms with Crippen LogP contribution >= 0.6 is 0 Å². The first-order chi connectivity index (χ1) is 11.1. The SMILES string of the molecule is CCCCCC/C=C\CCC[C@@H](O)CC(=O)N[C@@H]1CCOC1=O. The van der Waals surface area contributed by atoms with Crippen molar-refractivity contribution >= 4 is 11.9 Å². The number of esters is 1. The molecule has 2 N–H and O–H groups in total. The first-order valence-corrected chi connectivity index (χ1v) is 8.92. The van der Waals surface area contributed by atoms with Gasteiger partial charge in [-0.05, 0) is 32.1 Å². The van der Waals surface area contributed by atoms with Gasteiger partial charge in [-0.25, -0.2) is 4.79 Å². The highest BCUT2D eigenvalue weighted by molar-refractivity contribution is 5.85. The average molecular weight is 325 g/mol. The maximum Gasteiger partial charge on any atom is 0.328 e. The van der Waals surface area contributed by atoms with Crippen molar-refractivity contribution in [3.05, 3.63) is 12.2 Å². The fraction of sp³-hybridized carbons (Fsp3) is 0.778. The smallest absolute Gasteiger partial charge is 0.328 e. The molecule has 23 heavy (non-hydrogen) atoms. The summed E-state index contributed by atoms with van der Waals surface area (Å²) < 4.78 is 4.78. The number of carbonyl (C=O) groups is 2. The van der Waals surface area contributed by atoms with Crippen molar-refractivity contribution in [3.8, 4) is 0 Å². The Morgan fingerprint density at radius 2 is 2.04 bits per heavy atom. The van der Waals surface area contributed by atoms with Crippen LogP contribution in [-0.4, -0.2) is 35.7 Å². The molecule has 0 aromatic heterocycles. The molecule has 5 nitrogen and oxygen atoms in total. The Hall–Kier alpha value is -1.36. The van der Waals surface area contributed by atoms with E-state index in [0.29, 0.717) is 19.4 Å². The van der Waals surface area contributed by atoms with Crippen LogP contribution in [0.15, 0.2) is 12.2 Å². The number of nitrogens with one attached hydrogen (secondary N) is 1. The molecule has 0 aliphatic carbocycles. The molecule has 0 aromatic rings. The van der Waals surface area contributed by atoms with Crippen LogP contribution in [0.1, 0.15) is 71.1 Å². The van der Waals surface area contributed by atoms with Crippen molar-refractivity contribution in [2.75, 3.05) is 6.61 Å². The normalized spacial score (nSPS) is 19.0. The number of hydrogen-bond acceptors (Lipinski definition) is 4. The van der Waals surface area contributed by atoms with E-state index in [4.69, 9.17) is 4.74 Å². The molecule has 0 radical (unpaired) electrons. The van der Waals surface area contributed by atoms with Gasteiger partial charge in [-0.15, -0.1) is 0 Å². The lowest BCUT2D eigenvalue weighted by Crippen LogP contribution is -2.39. The van der Waals surface area contributed by atoms with Crippen LogP contribution in [0.5, 0.6) is 0 Å². The summed E-state index contributed by atoms with van der Waals surface area (Å²) in [5.74, 6) is -0.662. The topological polar surface area (TPSA) is 75.6 Å². The summed E-state index contributed by atoms with van der Waals surface area (Å²) in [4.78, 5) is 23.0. The van der Waals surface area contributed by atoms with Crippen LogP contribution in [0.4, 0.5) is 0 Å². The lowest BCUT2D eigenvalue weighted by atomic mass is 10.1. The maximum absolute atomic E-state index is 11.7. The molecular formula is C18H31NO4. The lowest BCUT2D eigenvalue weighted by molar-refractivity contribution is -0.141. The molecule has 0 aromatic carbocycles. The maximum atomic E-state index is 11.7. The van der Waals surface area contributed by atoms with E-state index in [9.17, 15) is 14.7 Å². The Labute approximate surface area is 139 Å². The summed E-state index contributed by atoms with van der Waals surface area (Å²) in [6, 6.07) is -0.537. The molecule has 1 aliphatic rings. The first-order valence-electron chi connectivity index (χ1n) is 8.92. The quantitative estimate of drug-likeness (QED) is 0.329. The minimum atomic E-state index is -0.648. The van der Waals surface area contributed by atoms with Crippen LogP contribution in [0.3, 0.4) is 0 Å². The number of rotatable bonds is 12. The fourth-order valence-corrected chi connectivity index (χ4v) is 2.59. The first kappa shape index (κ1) is 19.7. The van der Waals surface area contributed by atoms with Crippen LogP contribution in [0.2, 0.25) is 0 Å². The summed E-state index contributed by atoms with van der Waals surface area (Å²) in [6.07, 6.45) is 12.9. The van der Waals surface area contributed by atoms with Gasteiger partial charge in [-0.1, -0.05) is 38.3 Å². The summed E-state index contributed by atoms with van der Waals surface area (Å²) in [6.45, 7) is 2.57. The Kier molecular flexibility index (Phi) is 10.4. The molecule has 0 bridgehead atoms. The van der Waals surface area contributed by atoms with Gasteiger partial charge < -0.3 is 15.2 Å². The molecule has 5 heteroatoms. The third kappa shape index (κ3) is 9.39. The Morgan fingerprint density at radius 3 is 2.70 bits per heavy atom. The van der Waals surface area contributed by atoms with E-state index in [2.05, 4.69) is 24.4 Å². The predicted molar refractivity (Wildman–Crippen MR) is 89.9 cm³/mol. The summed E-state index contributed by atoms with van der Waals surface area (Å²) >= 11 is 0. The predicted octanol–water partition coefficient (Wildman–Crippen LogP) is 2.87. The Balaban J connectivity index is 2.01. The summed E-state index contributed by atoms with van der Waals surface area (Å²) in [5, 5.41) is 12.5. The number of ether oxygens (including phenoxy) is 1. The van der Waals surface area contributed by atoms with Crippen molar-refractivity contribution in [1.82, 2.24) is 5.32 Å². The molecule has 1 heterocycles. The van der Waals surface area contributed by atoms with Crippen molar-refractivity contribution in [3.63, 3.8) is 0 Å². The molecule has 1 saturated heterocycles. The van der Waals surface area contributed by atoms with E-state index in [0.717, 1.165) is 19.3 Å². The second kappa shape index (κ2) is 12.1. The lowest BCUT2D eigenvalue weighted by Gasteiger charge is -2.12. The summed E-state index contributed by atoms with van der Waals surface area (Å²) in [5.41, 5.74) is 0.